The average Bonchev–Trinajstić information content (AvgIpc) is 2.73. The lowest BCUT2D eigenvalue weighted by molar-refractivity contribution is 0.499. The summed E-state index contributed by atoms with van der Waals surface area (Å²) in [5.74, 6) is 1.01. The summed E-state index contributed by atoms with van der Waals surface area (Å²) in [6.45, 7) is 0. The van der Waals surface area contributed by atoms with Gasteiger partial charge in [0.05, 0.1) is 10.7 Å². The van der Waals surface area contributed by atoms with Crippen LogP contribution < -0.4 is 0 Å². The van der Waals surface area contributed by atoms with Crippen LogP contribution in [0.25, 0.3) is 0 Å². The number of hydrogen-bond acceptors (Lipinski definition) is 1. The molecule has 0 radical (unpaired) electrons. The molecule has 0 spiro atoms. The van der Waals surface area contributed by atoms with Crippen LogP contribution in [0.2, 0.25) is 0 Å². The largest absolute Gasteiger partial charge is 0.468 e. The standard InChI is InChI=1S/C13H12Br2O/c14-11(10-4-2-1-3-5-10)6-7-13-12(15)8-9-16-13/h1-5,8-9,11H,6-7H2. The Kier molecular flexibility index (Phi) is 4.24. The zero-order valence-electron chi connectivity index (χ0n) is 8.70. The molecule has 0 N–H and O–H groups in total. The first-order chi connectivity index (χ1) is 7.77. The van der Waals surface area contributed by atoms with E-state index < -0.39 is 0 Å². The third kappa shape index (κ3) is 2.98. The quantitative estimate of drug-likeness (QED) is 0.703. The molecule has 1 heterocycles. The fourth-order valence-electron chi connectivity index (χ4n) is 1.59. The van der Waals surface area contributed by atoms with Gasteiger partial charge in [-0.3, -0.25) is 0 Å². The van der Waals surface area contributed by atoms with Gasteiger partial charge in [-0.25, -0.2) is 0 Å². The molecule has 0 aliphatic carbocycles. The average molecular weight is 344 g/mol. The number of hydrogen-bond donors (Lipinski definition) is 0. The molecule has 3 heteroatoms. The van der Waals surface area contributed by atoms with Gasteiger partial charge in [-0.15, -0.1) is 0 Å². The molecular weight excluding hydrogens is 332 g/mol. The molecule has 84 valence electrons. The summed E-state index contributed by atoms with van der Waals surface area (Å²) in [6.07, 6.45) is 3.67. The molecule has 0 fully saturated rings. The van der Waals surface area contributed by atoms with Gasteiger partial charge < -0.3 is 4.42 Å². The van der Waals surface area contributed by atoms with Gasteiger partial charge in [0.15, 0.2) is 0 Å². The summed E-state index contributed by atoms with van der Waals surface area (Å²) in [4.78, 5) is 0.380. The Morgan fingerprint density at radius 3 is 2.50 bits per heavy atom. The van der Waals surface area contributed by atoms with Gasteiger partial charge >= 0.3 is 0 Å². The predicted molar refractivity (Wildman–Crippen MR) is 72.8 cm³/mol. The Morgan fingerprint density at radius 2 is 1.88 bits per heavy atom. The second-order valence-corrected chi connectivity index (χ2v) is 5.57. The van der Waals surface area contributed by atoms with E-state index >= 15 is 0 Å². The first-order valence-corrected chi connectivity index (χ1v) is 6.89. The van der Waals surface area contributed by atoms with Crippen molar-refractivity contribution in [3.8, 4) is 0 Å². The van der Waals surface area contributed by atoms with Crippen molar-refractivity contribution in [3.05, 3.63) is 58.5 Å². The first kappa shape index (κ1) is 11.9. The van der Waals surface area contributed by atoms with Gasteiger partial charge in [-0.1, -0.05) is 46.3 Å². The minimum Gasteiger partial charge on any atom is -0.468 e. The van der Waals surface area contributed by atoms with Crippen LogP contribution in [0.3, 0.4) is 0 Å². The van der Waals surface area contributed by atoms with Crippen LogP contribution in [0.15, 0.2) is 51.6 Å². The molecule has 1 aromatic heterocycles. The highest BCUT2D eigenvalue weighted by atomic mass is 79.9. The fraction of sp³-hybridized carbons (Fsp3) is 0.231. The molecule has 16 heavy (non-hydrogen) atoms. The fourth-order valence-corrected chi connectivity index (χ4v) is 2.52. The Morgan fingerprint density at radius 1 is 1.12 bits per heavy atom. The van der Waals surface area contributed by atoms with E-state index in [4.69, 9.17) is 4.42 Å². The number of furan rings is 1. The zero-order chi connectivity index (χ0) is 11.4. The van der Waals surface area contributed by atoms with Gasteiger partial charge in [0.1, 0.15) is 5.76 Å². The van der Waals surface area contributed by atoms with Crippen LogP contribution in [-0.2, 0) is 6.42 Å². The van der Waals surface area contributed by atoms with Crippen LogP contribution in [-0.4, -0.2) is 0 Å². The van der Waals surface area contributed by atoms with Crippen molar-refractivity contribution in [2.24, 2.45) is 0 Å². The molecule has 0 aliphatic heterocycles. The molecule has 1 unspecified atom stereocenters. The number of halogens is 2. The van der Waals surface area contributed by atoms with Gasteiger partial charge in [-0.05, 0) is 34.0 Å². The van der Waals surface area contributed by atoms with Crippen molar-refractivity contribution in [3.63, 3.8) is 0 Å². The molecule has 1 atom stereocenters. The summed E-state index contributed by atoms with van der Waals surface area (Å²) < 4.78 is 6.44. The van der Waals surface area contributed by atoms with E-state index in [2.05, 4.69) is 56.1 Å². The van der Waals surface area contributed by atoms with E-state index in [1.54, 1.807) is 6.26 Å². The second kappa shape index (κ2) is 5.69. The number of aryl methyl sites for hydroxylation is 1. The number of benzene rings is 1. The zero-order valence-corrected chi connectivity index (χ0v) is 11.9. The highest BCUT2D eigenvalue weighted by Gasteiger charge is 2.10. The van der Waals surface area contributed by atoms with E-state index in [9.17, 15) is 0 Å². The highest BCUT2D eigenvalue weighted by molar-refractivity contribution is 9.10. The van der Waals surface area contributed by atoms with E-state index in [1.165, 1.54) is 5.56 Å². The minimum atomic E-state index is 0.380. The third-order valence-corrected chi connectivity index (χ3v) is 4.17. The van der Waals surface area contributed by atoms with E-state index in [1.807, 2.05) is 12.1 Å². The van der Waals surface area contributed by atoms with E-state index in [-0.39, 0.29) is 0 Å². The van der Waals surface area contributed by atoms with Crippen LogP contribution in [0, 0.1) is 0 Å². The lowest BCUT2D eigenvalue weighted by Crippen LogP contribution is -1.92. The van der Waals surface area contributed by atoms with Crippen molar-refractivity contribution in [1.29, 1.82) is 0 Å². The maximum absolute atomic E-state index is 5.38. The summed E-state index contributed by atoms with van der Waals surface area (Å²) >= 11 is 7.16. The van der Waals surface area contributed by atoms with Crippen LogP contribution in [0.4, 0.5) is 0 Å². The SMILES string of the molecule is Brc1ccoc1CCC(Br)c1ccccc1. The normalized spacial score (nSPS) is 12.6. The third-order valence-electron chi connectivity index (χ3n) is 2.48. The van der Waals surface area contributed by atoms with Crippen LogP contribution >= 0.6 is 31.9 Å². The molecule has 1 nitrogen and oxygen atoms in total. The Bertz CT molecular complexity index is 436. The van der Waals surface area contributed by atoms with Crippen LogP contribution in [0.1, 0.15) is 22.6 Å². The van der Waals surface area contributed by atoms with Crippen molar-refractivity contribution >= 4 is 31.9 Å². The second-order valence-electron chi connectivity index (χ2n) is 3.61. The summed E-state index contributed by atoms with van der Waals surface area (Å²) in [5, 5.41) is 0. The van der Waals surface area contributed by atoms with Gasteiger partial charge in [0.2, 0.25) is 0 Å². The molecule has 0 saturated heterocycles. The maximum Gasteiger partial charge on any atom is 0.117 e. The van der Waals surface area contributed by atoms with E-state index in [0.717, 1.165) is 23.1 Å². The Hall–Kier alpha value is -0.540. The van der Waals surface area contributed by atoms with Crippen molar-refractivity contribution in [1.82, 2.24) is 0 Å². The molecule has 2 rings (SSSR count). The molecule has 1 aromatic carbocycles. The van der Waals surface area contributed by atoms with Crippen molar-refractivity contribution < 1.29 is 4.42 Å². The van der Waals surface area contributed by atoms with Crippen LogP contribution in [0.5, 0.6) is 0 Å². The molecule has 0 bridgehead atoms. The lowest BCUT2D eigenvalue weighted by Gasteiger charge is -2.08. The molecule has 0 aliphatic rings. The maximum atomic E-state index is 5.38. The van der Waals surface area contributed by atoms with Crippen molar-refractivity contribution in [2.75, 3.05) is 0 Å². The smallest absolute Gasteiger partial charge is 0.117 e. The molecule has 2 aromatic rings. The monoisotopic (exact) mass is 342 g/mol. The topological polar surface area (TPSA) is 13.1 Å². The highest BCUT2D eigenvalue weighted by Crippen LogP contribution is 2.29. The first-order valence-electron chi connectivity index (χ1n) is 5.18. The number of alkyl halides is 1. The van der Waals surface area contributed by atoms with Gasteiger partial charge in [0, 0.05) is 11.2 Å². The Labute approximate surface area is 112 Å². The van der Waals surface area contributed by atoms with E-state index in [0.29, 0.717) is 4.83 Å². The molecule has 0 amide bonds. The summed E-state index contributed by atoms with van der Waals surface area (Å²) in [6, 6.07) is 12.4. The van der Waals surface area contributed by atoms with Gasteiger partial charge in [-0.2, -0.15) is 0 Å². The molecule has 0 saturated carbocycles. The summed E-state index contributed by atoms with van der Waals surface area (Å²) in [7, 11) is 0. The van der Waals surface area contributed by atoms with Gasteiger partial charge in [0.25, 0.3) is 0 Å². The predicted octanol–water partition coefficient (Wildman–Crippen LogP) is 5.11. The summed E-state index contributed by atoms with van der Waals surface area (Å²) in [5.41, 5.74) is 1.31. The minimum absolute atomic E-state index is 0.380. The van der Waals surface area contributed by atoms with Crippen molar-refractivity contribution in [2.45, 2.75) is 17.7 Å². The number of rotatable bonds is 4. The lowest BCUT2D eigenvalue weighted by atomic mass is 10.1. The Balaban J connectivity index is 1.94. The molecular formula is C13H12Br2O.